The Morgan fingerprint density at radius 3 is 1.39 bits per heavy atom. The Morgan fingerprint density at radius 1 is 0.609 bits per heavy atom. The topological polar surface area (TPSA) is 27.7 Å². The van der Waals surface area contributed by atoms with E-state index in [0.29, 0.717) is 0 Å². The van der Waals surface area contributed by atoms with Crippen LogP contribution >= 0.6 is 0 Å². The molecule has 4 heteroatoms. The average Bonchev–Trinajstić information content (AvgIpc) is 2.59. The van der Waals surface area contributed by atoms with Gasteiger partial charge < -0.3 is 13.3 Å². The fourth-order valence-corrected chi connectivity index (χ4v) is 4.15. The lowest BCUT2D eigenvalue weighted by Gasteiger charge is -2.20. The van der Waals surface area contributed by atoms with Gasteiger partial charge in [0.15, 0.2) is 0 Å². The fraction of sp³-hybridized carbons (Fsp3) is 0.895. The van der Waals surface area contributed by atoms with E-state index in [1.54, 1.807) is 21.3 Å². The normalized spacial score (nSPS) is 12.3. The second-order valence-electron chi connectivity index (χ2n) is 6.30. The Hall–Kier alpha value is -0.163. The van der Waals surface area contributed by atoms with Crippen molar-refractivity contribution >= 4 is 8.80 Å². The van der Waals surface area contributed by atoms with Crippen molar-refractivity contribution in [2.45, 2.75) is 90.4 Å². The van der Waals surface area contributed by atoms with Crippen LogP contribution in [0.5, 0.6) is 0 Å². The van der Waals surface area contributed by atoms with Crippen LogP contribution in [-0.2, 0) is 13.3 Å². The highest BCUT2D eigenvalue weighted by atomic mass is 28.4. The molecule has 0 aromatic heterocycles. The summed E-state index contributed by atoms with van der Waals surface area (Å²) in [6, 6.07) is 0. The molecular formula is C19H40O3Si. The van der Waals surface area contributed by atoms with Crippen LogP contribution < -0.4 is 0 Å². The van der Waals surface area contributed by atoms with Crippen molar-refractivity contribution in [2.24, 2.45) is 0 Å². The lowest BCUT2D eigenvalue weighted by atomic mass is 10.0. The Morgan fingerprint density at radius 2 is 1.00 bits per heavy atom. The first-order valence-corrected chi connectivity index (χ1v) is 11.4. The van der Waals surface area contributed by atoms with Gasteiger partial charge >= 0.3 is 8.80 Å². The molecule has 23 heavy (non-hydrogen) atoms. The summed E-state index contributed by atoms with van der Waals surface area (Å²) in [6.45, 7) is 2.28. The molecule has 138 valence electrons. The third kappa shape index (κ3) is 12.9. The van der Waals surface area contributed by atoms with E-state index < -0.39 is 8.80 Å². The number of hydrogen-bond acceptors (Lipinski definition) is 3. The summed E-state index contributed by atoms with van der Waals surface area (Å²) in [5.74, 6) is 0. The zero-order valence-corrected chi connectivity index (χ0v) is 17.1. The predicted molar refractivity (Wildman–Crippen MR) is 102 cm³/mol. The highest BCUT2D eigenvalue weighted by Crippen LogP contribution is 2.13. The van der Waals surface area contributed by atoms with E-state index in [1.165, 1.54) is 77.0 Å². The van der Waals surface area contributed by atoms with Gasteiger partial charge in [-0.15, -0.1) is 0 Å². The molecule has 0 rings (SSSR count). The van der Waals surface area contributed by atoms with Crippen LogP contribution in [0.2, 0.25) is 0 Å². The molecule has 0 fully saturated rings. The second-order valence-corrected chi connectivity index (χ2v) is 9.06. The lowest BCUT2D eigenvalue weighted by molar-refractivity contribution is 0.138. The van der Waals surface area contributed by atoms with Crippen molar-refractivity contribution < 1.29 is 13.3 Å². The standard InChI is InChI=1S/C19H40O3Si/c1-5-6-7-8-9-10-11-12-13-14-15-16-17-18-19-23(20-2,21-3)22-4/h18-19H,5-17H2,1-4H3. The molecular weight excluding hydrogens is 304 g/mol. The maximum atomic E-state index is 5.36. The number of hydrogen-bond donors (Lipinski definition) is 0. The summed E-state index contributed by atoms with van der Waals surface area (Å²) in [5.41, 5.74) is 1.99. The van der Waals surface area contributed by atoms with E-state index in [1.807, 2.05) is 5.70 Å². The van der Waals surface area contributed by atoms with Gasteiger partial charge in [0, 0.05) is 21.3 Å². The summed E-state index contributed by atoms with van der Waals surface area (Å²) in [5, 5.41) is 0. The van der Waals surface area contributed by atoms with Crippen molar-refractivity contribution in [1.82, 2.24) is 0 Å². The van der Waals surface area contributed by atoms with Crippen LogP contribution in [0.3, 0.4) is 0 Å². The molecule has 0 bridgehead atoms. The van der Waals surface area contributed by atoms with Gasteiger partial charge in [0.2, 0.25) is 0 Å². The molecule has 0 spiro atoms. The van der Waals surface area contributed by atoms with Crippen LogP contribution in [0.1, 0.15) is 90.4 Å². The van der Waals surface area contributed by atoms with Crippen LogP contribution in [0.4, 0.5) is 0 Å². The molecule has 0 aliphatic heterocycles. The van der Waals surface area contributed by atoms with Gasteiger partial charge in [-0.3, -0.25) is 0 Å². The van der Waals surface area contributed by atoms with Gasteiger partial charge in [0.25, 0.3) is 0 Å². The Bertz CT molecular complexity index is 257. The quantitative estimate of drug-likeness (QED) is 0.237. The molecule has 3 nitrogen and oxygen atoms in total. The van der Waals surface area contributed by atoms with E-state index in [2.05, 4.69) is 13.0 Å². The first-order valence-electron chi connectivity index (χ1n) is 9.57. The molecule has 0 radical (unpaired) electrons. The summed E-state index contributed by atoms with van der Waals surface area (Å²) < 4.78 is 16.1. The average molecular weight is 345 g/mol. The van der Waals surface area contributed by atoms with Gasteiger partial charge in [-0.05, 0) is 18.5 Å². The molecule has 0 unspecified atom stereocenters. The minimum Gasteiger partial charge on any atom is -0.374 e. The van der Waals surface area contributed by atoms with Crippen molar-refractivity contribution in [3.8, 4) is 0 Å². The molecule has 0 atom stereocenters. The lowest BCUT2D eigenvalue weighted by Crippen LogP contribution is -2.40. The molecule has 0 aromatic rings. The van der Waals surface area contributed by atoms with Crippen LogP contribution in [0, 0.1) is 0 Å². The summed E-state index contributed by atoms with van der Waals surface area (Å²) in [6.07, 6.45) is 19.9. The van der Waals surface area contributed by atoms with E-state index in [-0.39, 0.29) is 0 Å². The highest BCUT2D eigenvalue weighted by Gasteiger charge is 2.33. The van der Waals surface area contributed by atoms with Crippen molar-refractivity contribution in [3.05, 3.63) is 11.8 Å². The molecule has 0 saturated heterocycles. The Labute approximate surface area is 146 Å². The van der Waals surface area contributed by atoms with Crippen molar-refractivity contribution in [1.29, 1.82) is 0 Å². The summed E-state index contributed by atoms with van der Waals surface area (Å²) in [7, 11) is 2.44. The van der Waals surface area contributed by atoms with Crippen LogP contribution in [-0.4, -0.2) is 30.1 Å². The maximum absolute atomic E-state index is 5.36. The molecule has 0 saturated carbocycles. The monoisotopic (exact) mass is 344 g/mol. The van der Waals surface area contributed by atoms with E-state index in [0.717, 1.165) is 6.42 Å². The first-order chi connectivity index (χ1) is 11.2. The first kappa shape index (κ1) is 22.8. The zero-order chi connectivity index (χ0) is 17.2. The third-order valence-corrected chi connectivity index (χ3v) is 6.75. The molecule has 0 aliphatic rings. The fourth-order valence-electron chi connectivity index (χ4n) is 2.78. The van der Waals surface area contributed by atoms with Crippen molar-refractivity contribution in [2.75, 3.05) is 21.3 Å². The second kappa shape index (κ2) is 16.7. The van der Waals surface area contributed by atoms with Crippen molar-refractivity contribution in [3.63, 3.8) is 0 Å². The van der Waals surface area contributed by atoms with Gasteiger partial charge in [-0.2, -0.15) is 0 Å². The van der Waals surface area contributed by atoms with Crippen LogP contribution in [0.25, 0.3) is 0 Å². The largest absolute Gasteiger partial charge is 0.528 e. The molecule has 0 aliphatic carbocycles. The summed E-state index contributed by atoms with van der Waals surface area (Å²) >= 11 is 0. The van der Waals surface area contributed by atoms with Gasteiger partial charge in [-0.1, -0.05) is 83.6 Å². The molecule has 0 heterocycles. The van der Waals surface area contributed by atoms with Gasteiger partial charge in [0.05, 0.1) is 0 Å². The Balaban J connectivity index is 3.36. The van der Waals surface area contributed by atoms with E-state index in [4.69, 9.17) is 13.3 Å². The molecule has 0 amide bonds. The molecule has 0 N–H and O–H groups in total. The Kier molecular flexibility index (Phi) is 16.6. The van der Waals surface area contributed by atoms with E-state index in [9.17, 15) is 0 Å². The number of unbranched alkanes of at least 4 members (excludes halogenated alkanes) is 12. The SMILES string of the molecule is CCCCCCCCCCCCCCC=C[Si](OC)(OC)OC. The third-order valence-electron chi connectivity index (χ3n) is 4.40. The van der Waals surface area contributed by atoms with Crippen LogP contribution in [0.15, 0.2) is 11.8 Å². The molecule has 0 aromatic carbocycles. The smallest absolute Gasteiger partial charge is 0.374 e. The van der Waals surface area contributed by atoms with Gasteiger partial charge in [-0.25, -0.2) is 0 Å². The maximum Gasteiger partial charge on any atom is 0.528 e. The number of rotatable bonds is 17. The number of allylic oxidation sites excluding steroid dienone is 1. The highest BCUT2D eigenvalue weighted by molar-refractivity contribution is 6.66. The van der Waals surface area contributed by atoms with Gasteiger partial charge in [0.1, 0.15) is 0 Å². The predicted octanol–water partition coefficient (Wildman–Crippen LogP) is 6.05. The summed E-state index contributed by atoms with van der Waals surface area (Å²) in [4.78, 5) is 0. The van der Waals surface area contributed by atoms with E-state index >= 15 is 0 Å². The zero-order valence-electron chi connectivity index (χ0n) is 16.1. The minimum absolute atomic E-state index is 1.09. The minimum atomic E-state index is -2.50.